The fourth-order valence-electron chi connectivity index (χ4n) is 2.62. The zero-order valence-electron chi connectivity index (χ0n) is 13.5. The van der Waals surface area contributed by atoms with Gasteiger partial charge in [0.1, 0.15) is 11.9 Å². The van der Waals surface area contributed by atoms with Crippen LogP contribution in [0.25, 0.3) is 0 Å². The molecule has 1 N–H and O–H groups in total. The number of hydrogen-bond acceptors (Lipinski definition) is 4. The number of carbonyl (C=O) groups excluding carboxylic acids is 1. The normalized spacial score (nSPS) is 17.2. The first-order valence-electron chi connectivity index (χ1n) is 8.01. The second kappa shape index (κ2) is 7.87. The molecule has 2 heterocycles. The minimum Gasteiger partial charge on any atom is -0.458 e. The van der Waals surface area contributed by atoms with Gasteiger partial charge in [0.2, 0.25) is 0 Å². The first kappa shape index (κ1) is 17.1. The van der Waals surface area contributed by atoms with Crippen LogP contribution in [0.5, 0.6) is 6.01 Å². The molecule has 1 fully saturated rings. The first-order valence-corrected chi connectivity index (χ1v) is 8.01. The highest BCUT2D eigenvalue weighted by Crippen LogP contribution is 2.15. The molecule has 3 rings (SSSR count). The highest BCUT2D eigenvalue weighted by molar-refractivity contribution is 5.74. The average molecular weight is 348 g/mol. The van der Waals surface area contributed by atoms with E-state index in [9.17, 15) is 13.6 Å². The Kier molecular flexibility index (Phi) is 5.37. The Labute approximate surface area is 143 Å². The van der Waals surface area contributed by atoms with Crippen LogP contribution in [0.15, 0.2) is 36.7 Å². The number of halogens is 2. The van der Waals surface area contributed by atoms with Gasteiger partial charge in [-0.1, -0.05) is 12.1 Å². The van der Waals surface area contributed by atoms with E-state index in [2.05, 4.69) is 15.3 Å². The lowest BCUT2D eigenvalue weighted by Gasteiger charge is -2.32. The Bertz CT molecular complexity index is 710. The minimum absolute atomic E-state index is 0.0972. The molecule has 0 spiro atoms. The largest absolute Gasteiger partial charge is 0.458 e. The summed E-state index contributed by atoms with van der Waals surface area (Å²) in [6, 6.07) is 5.86. The van der Waals surface area contributed by atoms with Gasteiger partial charge in [0.05, 0.1) is 18.9 Å². The highest BCUT2D eigenvalue weighted by Gasteiger charge is 2.25. The summed E-state index contributed by atoms with van der Waals surface area (Å²) in [7, 11) is 0. The number of benzene rings is 1. The van der Waals surface area contributed by atoms with Crippen LogP contribution in [0, 0.1) is 11.6 Å². The van der Waals surface area contributed by atoms with Crippen molar-refractivity contribution >= 4 is 6.03 Å². The number of nitrogens with zero attached hydrogens (tertiary/aromatic N) is 3. The zero-order valence-corrected chi connectivity index (χ0v) is 13.5. The van der Waals surface area contributed by atoms with Crippen molar-refractivity contribution < 1.29 is 18.3 Å². The van der Waals surface area contributed by atoms with E-state index >= 15 is 0 Å². The lowest BCUT2D eigenvalue weighted by molar-refractivity contribution is 0.0936. The van der Waals surface area contributed by atoms with Crippen LogP contribution in [0.3, 0.4) is 0 Å². The average Bonchev–Trinajstić information content (AvgIpc) is 2.63. The van der Waals surface area contributed by atoms with Crippen LogP contribution < -0.4 is 10.1 Å². The third-order valence-corrected chi connectivity index (χ3v) is 3.89. The van der Waals surface area contributed by atoms with E-state index in [4.69, 9.17) is 4.74 Å². The maximum absolute atomic E-state index is 12.9. The number of urea groups is 1. The van der Waals surface area contributed by atoms with Gasteiger partial charge in [0.15, 0.2) is 5.82 Å². The molecule has 8 heteroatoms. The molecule has 1 aliphatic heterocycles. The molecule has 1 atom stereocenters. The van der Waals surface area contributed by atoms with Gasteiger partial charge in [0, 0.05) is 13.1 Å². The van der Waals surface area contributed by atoms with E-state index in [0.717, 1.165) is 30.8 Å². The van der Waals surface area contributed by atoms with Crippen molar-refractivity contribution in [2.24, 2.45) is 0 Å². The molecule has 1 aromatic carbocycles. The van der Waals surface area contributed by atoms with E-state index in [-0.39, 0.29) is 24.0 Å². The second-order valence-corrected chi connectivity index (χ2v) is 5.80. The first-order chi connectivity index (χ1) is 12.1. The number of likely N-dealkylation sites (tertiary alicyclic amines) is 1. The van der Waals surface area contributed by atoms with Crippen molar-refractivity contribution in [1.29, 1.82) is 0 Å². The molecule has 0 radical (unpaired) electrons. The lowest BCUT2D eigenvalue weighted by atomic mass is 10.1. The smallest absolute Gasteiger partial charge is 0.317 e. The molecule has 1 saturated heterocycles. The third kappa shape index (κ3) is 4.85. The maximum atomic E-state index is 12.9. The van der Waals surface area contributed by atoms with Crippen LogP contribution in [0.4, 0.5) is 13.6 Å². The van der Waals surface area contributed by atoms with Crippen molar-refractivity contribution in [1.82, 2.24) is 20.2 Å². The summed E-state index contributed by atoms with van der Waals surface area (Å²) in [5.41, 5.74) is 0.819. The number of ether oxygens (including phenoxy) is 1. The number of rotatable bonds is 4. The number of aromatic nitrogens is 2. The SMILES string of the molecule is O=C(NCc1ccc(F)cc1)N1CCCC(Oc2ncc(F)cn2)C1. The number of amides is 2. The molecule has 6 nitrogen and oxygen atoms in total. The molecular weight excluding hydrogens is 330 g/mol. The molecule has 25 heavy (non-hydrogen) atoms. The van der Waals surface area contributed by atoms with E-state index in [0.29, 0.717) is 19.6 Å². The van der Waals surface area contributed by atoms with Gasteiger partial charge < -0.3 is 15.0 Å². The molecule has 0 aliphatic carbocycles. The van der Waals surface area contributed by atoms with Crippen molar-refractivity contribution in [3.63, 3.8) is 0 Å². The molecular formula is C17H18F2N4O2. The van der Waals surface area contributed by atoms with E-state index in [1.165, 1.54) is 12.1 Å². The lowest BCUT2D eigenvalue weighted by Crippen LogP contribution is -2.48. The van der Waals surface area contributed by atoms with Gasteiger partial charge in [-0.25, -0.2) is 23.5 Å². The number of nitrogens with one attached hydrogen (secondary N) is 1. The van der Waals surface area contributed by atoms with E-state index in [1.807, 2.05) is 0 Å². The Morgan fingerprint density at radius 3 is 2.64 bits per heavy atom. The fraction of sp³-hybridized carbons (Fsp3) is 0.353. The molecule has 2 amide bonds. The monoisotopic (exact) mass is 348 g/mol. The highest BCUT2D eigenvalue weighted by atomic mass is 19.1. The Hall–Kier alpha value is -2.77. The molecule has 0 saturated carbocycles. The van der Waals surface area contributed by atoms with Gasteiger partial charge in [0.25, 0.3) is 0 Å². The van der Waals surface area contributed by atoms with Gasteiger partial charge in [-0.3, -0.25) is 0 Å². The Morgan fingerprint density at radius 1 is 1.20 bits per heavy atom. The number of carbonyl (C=O) groups is 1. The quantitative estimate of drug-likeness (QED) is 0.922. The molecule has 1 unspecified atom stereocenters. The summed E-state index contributed by atoms with van der Waals surface area (Å²) >= 11 is 0. The summed E-state index contributed by atoms with van der Waals surface area (Å²) in [6.07, 6.45) is 3.39. The van der Waals surface area contributed by atoms with Gasteiger partial charge in [-0.2, -0.15) is 0 Å². The third-order valence-electron chi connectivity index (χ3n) is 3.89. The predicted octanol–water partition coefficient (Wildman–Crippen LogP) is 2.51. The summed E-state index contributed by atoms with van der Waals surface area (Å²) in [4.78, 5) is 21.5. The van der Waals surface area contributed by atoms with Gasteiger partial charge in [-0.05, 0) is 30.5 Å². The van der Waals surface area contributed by atoms with E-state index < -0.39 is 5.82 Å². The van der Waals surface area contributed by atoms with Crippen molar-refractivity contribution in [3.05, 3.63) is 53.9 Å². The molecule has 0 bridgehead atoms. The number of hydrogen-bond donors (Lipinski definition) is 1. The summed E-state index contributed by atoms with van der Waals surface area (Å²) in [5, 5.41) is 2.81. The van der Waals surface area contributed by atoms with Crippen molar-refractivity contribution in [3.8, 4) is 6.01 Å². The molecule has 1 aromatic heterocycles. The standard InChI is InChI=1S/C17H18F2N4O2/c18-13-5-3-12(4-6-13)8-22-17(24)23-7-1-2-15(11-23)25-16-20-9-14(19)10-21-16/h3-6,9-10,15H,1-2,7-8,11H2,(H,22,24). The predicted molar refractivity (Wildman–Crippen MR) is 85.8 cm³/mol. The summed E-state index contributed by atoms with van der Waals surface area (Å²) in [6.45, 7) is 1.34. The second-order valence-electron chi connectivity index (χ2n) is 5.80. The van der Waals surface area contributed by atoms with Crippen LogP contribution in [-0.4, -0.2) is 40.1 Å². The maximum Gasteiger partial charge on any atom is 0.317 e. The van der Waals surface area contributed by atoms with Gasteiger partial charge >= 0.3 is 12.0 Å². The van der Waals surface area contributed by atoms with Crippen molar-refractivity contribution in [2.45, 2.75) is 25.5 Å². The number of piperidine rings is 1. The Morgan fingerprint density at radius 2 is 1.92 bits per heavy atom. The Balaban J connectivity index is 1.50. The van der Waals surface area contributed by atoms with Crippen LogP contribution in [0.2, 0.25) is 0 Å². The summed E-state index contributed by atoms with van der Waals surface area (Å²) < 4.78 is 31.3. The molecule has 1 aliphatic rings. The molecule has 132 valence electrons. The van der Waals surface area contributed by atoms with Crippen LogP contribution in [0.1, 0.15) is 18.4 Å². The van der Waals surface area contributed by atoms with Crippen molar-refractivity contribution in [2.75, 3.05) is 13.1 Å². The van der Waals surface area contributed by atoms with Gasteiger partial charge in [-0.15, -0.1) is 0 Å². The zero-order chi connectivity index (χ0) is 17.6. The summed E-state index contributed by atoms with van der Waals surface area (Å²) in [5.74, 6) is -0.841. The topological polar surface area (TPSA) is 67.4 Å². The van der Waals surface area contributed by atoms with Crippen LogP contribution in [-0.2, 0) is 6.54 Å². The van der Waals surface area contributed by atoms with E-state index in [1.54, 1.807) is 17.0 Å². The van der Waals surface area contributed by atoms with Crippen LogP contribution >= 0.6 is 0 Å². The minimum atomic E-state index is -0.530. The molecule has 2 aromatic rings. The fourth-order valence-corrected chi connectivity index (χ4v) is 2.62.